The zero-order valence-corrected chi connectivity index (χ0v) is 14.4. The highest BCUT2D eigenvalue weighted by molar-refractivity contribution is 7.89. The summed E-state index contributed by atoms with van der Waals surface area (Å²) in [5.74, 6) is -0.297. The molecule has 0 unspecified atom stereocenters. The van der Waals surface area contributed by atoms with E-state index in [0.29, 0.717) is 23.6 Å². The summed E-state index contributed by atoms with van der Waals surface area (Å²) in [4.78, 5) is 3.98. The van der Waals surface area contributed by atoms with E-state index in [1.54, 1.807) is 6.92 Å². The number of nitrogens with zero attached hydrogens (tertiary/aromatic N) is 1. The molecule has 130 valence electrons. The van der Waals surface area contributed by atoms with Gasteiger partial charge in [0.15, 0.2) is 0 Å². The van der Waals surface area contributed by atoms with E-state index in [2.05, 4.69) is 9.71 Å². The van der Waals surface area contributed by atoms with E-state index in [1.807, 2.05) is 30.3 Å². The number of rotatable bonds is 6. The molecule has 3 aromatic rings. The number of hydrogen-bond acceptors (Lipinski definition) is 4. The molecule has 0 fully saturated rings. The molecule has 5 nitrogen and oxygen atoms in total. The minimum absolute atomic E-state index is 0.0937. The molecule has 0 atom stereocenters. The van der Waals surface area contributed by atoms with Crippen LogP contribution in [0.2, 0.25) is 0 Å². The third-order valence-corrected chi connectivity index (χ3v) is 5.10. The molecule has 3 rings (SSSR count). The lowest BCUT2D eigenvalue weighted by atomic mass is 10.2. The second-order valence-electron chi connectivity index (χ2n) is 5.59. The van der Waals surface area contributed by atoms with Crippen molar-refractivity contribution in [3.63, 3.8) is 0 Å². The van der Waals surface area contributed by atoms with Crippen LogP contribution in [0.25, 0.3) is 11.5 Å². The smallest absolute Gasteiger partial charge is 0.243 e. The van der Waals surface area contributed by atoms with Gasteiger partial charge in [-0.2, -0.15) is 0 Å². The van der Waals surface area contributed by atoms with Gasteiger partial charge in [-0.05, 0) is 36.8 Å². The Balaban J connectivity index is 1.65. The predicted octanol–water partition coefficient (Wildman–Crippen LogP) is 3.31. The zero-order valence-electron chi connectivity index (χ0n) is 13.6. The molecule has 0 amide bonds. The van der Waals surface area contributed by atoms with Crippen LogP contribution in [0, 0.1) is 12.7 Å². The number of nitrogens with one attached hydrogen (secondary N) is 1. The summed E-state index contributed by atoms with van der Waals surface area (Å²) >= 11 is 0. The molecule has 0 saturated heterocycles. The van der Waals surface area contributed by atoms with Crippen molar-refractivity contribution in [2.45, 2.75) is 18.2 Å². The average molecular weight is 360 g/mol. The van der Waals surface area contributed by atoms with Crippen LogP contribution in [0.1, 0.15) is 11.3 Å². The number of aromatic nitrogens is 1. The van der Waals surface area contributed by atoms with Gasteiger partial charge >= 0.3 is 0 Å². The molecule has 2 aromatic carbocycles. The standard InChI is InChI=1S/C18H17FN2O3S/c1-13-7-8-16(19)17(11-13)25(22,23)20-10-9-15-12-24-18(21-15)14-5-3-2-4-6-14/h2-8,11-12,20H,9-10H2,1H3. The first kappa shape index (κ1) is 17.3. The minimum atomic E-state index is -3.91. The van der Waals surface area contributed by atoms with Crippen LogP contribution in [0.5, 0.6) is 0 Å². The number of halogens is 1. The largest absolute Gasteiger partial charge is 0.444 e. The molecule has 1 heterocycles. The number of sulfonamides is 1. The van der Waals surface area contributed by atoms with Crippen LogP contribution >= 0.6 is 0 Å². The fourth-order valence-corrected chi connectivity index (χ4v) is 3.53. The van der Waals surface area contributed by atoms with Gasteiger partial charge in [-0.1, -0.05) is 24.3 Å². The molecule has 0 aliphatic rings. The molecule has 25 heavy (non-hydrogen) atoms. The van der Waals surface area contributed by atoms with Gasteiger partial charge in [0.1, 0.15) is 17.0 Å². The first-order valence-electron chi connectivity index (χ1n) is 7.71. The molecule has 0 saturated carbocycles. The van der Waals surface area contributed by atoms with Crippen LogP contribution < -0.4 is 4.72 Å². The SMILES string of the molecule is Cc1ccc(F)c(S(=O)(=O)NCCc2coc(-c3ccccc3)n2)c1. The molecule has 0 spiro atoms. The topological polar surface area (TPSA) is 72.2 Å². The molecule has 0 aliphatic carbocycles. The first-order valence-corrected chi connectivity index (χ1v) is 9.20. The maximum Gasteiger partial charge on any atom is 0.243 e. The van der Waals surface area contributed by atoms with Gasteiger partial charge in [0.2, 0.25) is 15.9 Å². The summed E-state index contributed by atoms with van der Waals surface area (Å²) in [5.41, 5.74) is 2.13. The third kappa shape index (κ3) is 4.12. The van der Waals surface area contributed by atoms with Crippen molar-refractivity contribution in [1.29, 1.82) is 0 Å². The average Bonchev–Trinajstić information content (AvgIpc) is 3.06. The minimum Gasteiger partial charge on any atom is -0.444 e. The monoisotopic (exact) mass is 360 g/mol. The van der Waals surface area contributed by atoms with Crippen molar-refractivity contribution in [1.82, 2.24) is 9.71 Å². The fraction of sp³-hybridized carbons (Fsp3) is 0.167. The molecule has 1 N–H and O–H groups in total. The van der Waals surface area contributed by atoms with Gasteiger partial charge < -0.3 is 4.42 Å². The van der Waals surface area contributed by atoms with Crippen molar-refractivity contribution in [3.05, 3.63) is 71.9 Å². The Labute approximate surface area is 145 Å². The highest BCUT2D eigenvalue weighted by atomic mass is 32.2. The zero-order chi connectivity index (χ0) is 17.9. The Bertz CT molecular complexity index is 969. The van der Waals surface area contributed by atoms with Gasteiger partial charge in [-0.15, -0.1) is 0 Å². The molecule has 0 radical (unpaired) electrons. The van der Waals surface area contributed by atoms with E-state index in [0.717, 1.165) is 11.6 Å². The van der Waals surface area contributed by atoms with Crippen molar-refractivity contribution < 1.29 is 17.2 Å². The van der Waals surface area contributed by atoms with Gasteiger partial charge in [0.05, 0.1) is 5.69 Å². The normalized spacial score (nSPS) is 11.6. The fourth-order valence-electron chi connectivity index (χ4n) is 2.34. The Hall–Kier alpha value is -2.51. The molecular formula is C18H17FN2O3S. The number of oxazole rings is 1. The number of hydrogen-bond donors (Lipinski definition) is 1. The van der Waals surface area contributed by atoms with E-state index in [-0.39, 0.29) is 11.4 Å². The van der Waals surface area contributed by atoms with Gasteiger partial charge in [0.25, 0.3) is 0 Å². The summed E-state index contributed by atoms with van der Waals surface area (Å²) in [7, 11) is -3.91. The summed E-state index contributed by atoms with van der Waals surface area (Å²) in [6.07, 6.45) is 1.83. The summed E-state index contributed by atoms with van der Waals surface area (Å²) < 4.78 is 46.0. The van der Waals surface area contributed by atoms with E-state index in [4.69, 9.17) is 4.42 Å². The summed E-state index contributed by atoms with van der Waals surface area (Å²) in [6, 6.07) is 13.4. The van der Waals surface area contributed by atoms with Crippen LogP contribution in [0.15, 0.2) is 64.1 Å². The van der Waals surface area contributed by atoms with Crippen molar-refractivity contribution in [3.8, 4) is 11.5 Å². The third-order valence-electron chi connectivity index (χ3n) is 3.62. The van der Waals surface area contributed by atoms with E-state index in [1.165, 1.54) is 18.4 Å². The quantitative estimate of drug-likeness (QED) is 0.732. The Kier molecular flexibility index (Phi) is 4.96. The number of benzene rings is 2. The van der Waals surface area contributed by atoms with E-state index in [9.17, 15) is 12.8 Å². The van der Waals surface area contributed by atoms with Crippen molar-refractivity contribution in [2.75, 3.05) is 6.54 Å². The molecule has 0 bridgehead atoms. The molecule has 1 aromatic heterocycles. The lowest BCUT2D eigenvalue weighted by molar-refractivity contribution is 0.555. The van der Waals surface area contributed by atoms with E-state index >= 15 is 0 Å². The highest BCUT2D eigenvalue weighted by Gasteiger charge is 2.19. The predicted molar refractivity (Wildman–Crippen MR) is 92.0 cm³/mol. The maximum absolute atomic E-state index is 13.8. The van der Waals surface area contributed by atoms with Crippen molar-refractivity contribution in [2.24, 2.45) is 0 Å². The van der Waals surface area contributed by atoms with Crippen LogP contribution in [0.4, 0.5) is 4.39 Å². The molecule has 7 heteroatoms. The Morgan fingerprint density at radius 1 is 1.16 bits per heavy atom. The lowest BCUT2D eigenvalue weighted by Crippen LogP contribution is -2.27. The second kappa shape index (κ2) is 7.16. The maximum atomic E-state index is 13.8. The van der Waals surface area contributed by atoms with Crippen LogP contribution in [0.3, 0.4) is 0 Å². The lowest BCUT2D eigenvalue weighted by Gasteiger charge is -2.07. The first-order chi connectivity index (χ1) is 12.0. The second-order valence-corrected chi connectivity index (χ2v) is 7.33. The van der Waals surface area contributed by atoms with Crippen LogP contribution in [-0.2, 0) is 16.4 Å². The molecule has 0 aliphatic heterocycles. The molecular weight excluding hydrogens is 343 g/mol. The van der Waals surface area contributed by atoms with Gasteiger partial charge in [0, 0.05) is 18.5 Å². The summed E-state index contributed by atoms with van der Waals surface area (Å²) in [5, 5.41) is 0. The summed E-state index contributed by atoms with van der Waals surface area (Å²) in [6.45, 7) is 1.80. The highest BCUT2D eigenvalue weighted by Crippen LogP contribution is 2.18. The van der Waals surface area contributed by atoms with Gasteiger partial charge in [-0.25, -0.2) is 22.5 Å². The Morgan fingerprint density at radius 2 is 1.92 bits per heavy atom. The Morgan fingerprint density at radius 3 is 2.68 bits per heavy atom. The van der Waals surface area contributed by atoms with Gasteiger partial charge in [-0.3, -0.25) is 0 Å². The van der Waals surface area contributed by atoms with Crippen LogP contribution in [-0.4, -0.2) is 19.9 Å². The van der Waals surface area contributed by atoms with Crippen molar-refractivity contribution >= 4 is 10.0 Å². The van der Waals surface area contributed by atoms with E-state index < -0.39 is 15.8 Å². The number of aryl methyl sites for hydroxylation is 1.